The molecule has 0 aliphatic heterocycles. The van der Waals surface area contributed by atoms with Crippen molar-refractivity contribution in [3.8, 4) is 0 Å². The van der Waals surface area contributed by atoms with Crippen LogP contribution in [0.2, 0.25) is 0 Å². The van der Waals surface area contributed by atoms with Crippen molar-refractivity contribution in [3.63, 3.8) is 0 Å². The zero-order chi connectivity index (χ0) is 12.9. The molecule has 0 heterocycles. The van der Waals surface area contributed by atoms with Gasteiger partial charge in [-0.25, -0.2) is 0 Å². The average molecular weight is 301 g/mol. The molecule has 2 aromatic carbocycles. The summed E-state index contributed by atoms with van der Waals surface area (Å²) in [5.74, 6) is 0. The second kappa shape index (κ2) is 13.8. The minimum Gasteiger partial charge on any atom is -0.281 e. The molecule has 0 fully saturated rings. The third kappa shape index (κ3) is 7.89. The Balaban J connectivity index is 0. The molecule has 2 rings (SSSR count). The van der Waals surface area contributed by atoms with Crippen LogP contribution in [0, 0.1) is 0 Å². The Hall–Kier alpha value is -1.30. The van der Waals surface area contributed by atoms with Gasteiger partial charge in [-0.3, -0.25) is 9.59 Å². The van der Waals surface area contributed by atoms with Gasteiger partial charge >= 0.3 is 0 Å². The molecule has 2 nitrogen and oxygen atoms in total. The number of carbonyl (C=O) groups excluding carboxylic acids is 2. The van der Waals surface area contributed by atoms with Gasteiger partial charge in [0.1, 0.15) is 0 Å². The fourth-order valence-corrected chi connectivity index (χ4v) is 2.26. The third-order valence-corrected chi connectivity index (χ3v) is 3.08. The summed E-state index contributed by atoms with van der Waals surface area (Å²) in [7, 11) is 0.777. The Bertz CT molecular complexity index is 356. The first-order valence-corrected chi connectivity index (χ1v) is 5.73. The molecule has 94 valence electrons. The maximum absolute atomic E-state index is 7.50. The summed E-state index contributed by atoms with van der Waals surface area (Å²) in [5.41, 5.74) is 0. The summed E-state index contributed by atoms with van der Waals surface area (Å²) in [4.78, 5) is 15.0. The molecule has 4 heteroatoms. The SMILES string of the molecule is [C]=O.[C]=O.[Ni].c1ccc(Pc2ccccc2)cc1. The van der Waals surface area contributed by atoms with Gasteiger partial charge in [-0.2, -0.15) is 0 Å². The fourth-order valence-electron chi connectivity index (χ4n) is 1.21. The molecular formula is C14H11NiO2P. The molecule has 18 heavy (non-hydrogen) atoms. The van der Waals surface area contributed by atoms with Gasteiger partial charge in [0.15, 0.2) is 0 Å². The van der Waals surface area contributed by atoms with Crippen LogP contribution in [0.15, 0.2) is 60.7 Å². The van der Waals surface area contributed by atoms with E-state index in [0.29, 0.717) is 0 Å². The summed E-state index contributed by atoms with van der Waals surface area (Å²) >= 11 is 0. The molecule has 0 aliphatic carbocycles. The second-order valence-corrected chi connectivity index (χ2v) is 4.26. The number of hydrogen-bond donors (Lipinski definition) is 0. The summed E-state index contributed by atoms with van der Waals surface area (Å²) in [5, 5.41) is 2.79. The minimum atomic E-state index is 0. The first kappa shape index (κ1) is 19.1. The third-order valence-electron chi connectivity index (χ3n) is 1.84. The molecule has 0 saturated heterocycles. The molecule has 0 saturated carbocycles. The standard InChI is InChI=1S/C12H11P.2CO.Ni/c1-3-7-11(8-4-1)13-12-9-5-2-6-10-12;2*1-2;/h1-10,13H;;;. The molecule has 0 N–H and O–H groups in total. The molecule has 0 aromatic heterocycles. The van der Waals surface area contributed by atoms with Crippen LogP contribution in [0.3, 0.4) is 0 Å². The smallest absolute Gasteiger partial charge is 0.281 e. The van der Waals surface area contributed by atoms with Crippen LogP contribution in [0.25, 0.3) is 0 Å². The molecule has 0 amide bonds. The summed E-state index contributed by atoms with van der Waals surface area (Å²) in [6.45, 7) is 9.00. The van der Waals surface area contributed by atoms with E-state index < -0.39 is 0 Å². The van der Waals surface area contributed by atoms with E-state index in [-0.39, 0.29) is 16.5 Å². The van der Waals surface area contributed by atoms with E-state index >= 15 is 0 Å². The van der Waals surface area contributed by atoms with Crippen LogP contribution in [0.1, 0.15) is 0 Å². The zero-order valence-electron chi connectivity index (χ0n) is 9.41. The molecule has 0 atom stereocenters. The minimum absolute atomic E-state index is 0. The fraction of sp³-hybridized carbons (Fsp3) is 0. The van der Waals surface area contributed by atoms with E-state index in [9.17, 15) is 0 Å². The van der Waals surface area contributed by atoms with E-state index in [1.54, 1.807) is 0 Å². The van der Waals surface area contributed by atoms with Crippen molar-refractivity contribution in [2.75, 3.05) is 0 Å². The predicted molar refractivity (Wildman–Crippen MR) is 71.9 cm³/mol. The Morgan fingerprint density at radius 2 is 0.889 bits per heavy atom. The van der Waals surface area contributed by atoms with Crippen molar-refractivity contribution in [1.29, 1.82) is 0 Å². The Morgan fingerprint density at radius 3 is 1.17 bits per heavy atom. The zero-order valence-corrected chi connectivity index (χ0v) is 11.4. The summed E-state index contributed by atoms with van der Waals surface area (Å²) in [6, 6.07) is 21.2. The van der Waals surface area contributed by atoms with Crippen molar-refractivity contribution in [2.24, 2.45) is 0 Å². The second-order valence-electron chi connectivity index (χ2n) is 2.86. The molecule has 0 spiro atoms. The van der Waals surface area contributed by atoms with Gasteiger partial charge < -0.3 is 0 Å². The van der Waals surface area contributed by atoms with E-state index in [1.165, 1.54) is 10.6 Å². The summed E-state index contributed by atoms with van der Waals surface area (Å²) < 4.78 is 0. The van der Waals surface area contributed by atoms with Crippen molar-refractivity contribution < 1.29 is 26.1 Å². The Morgan fingerprint density at radius 1 is 0.611 bits per heavy atom. The van der Waals surface area contributed by atoms with Gasteiger partial charge in [-0.15, -0.1) is 0 Å². The normalized spacial score (nSPS) is 7.56. The average Bonchev–Trinajstić information content (AvgIpc) is 2.45. The van der Waals surface area contributed by atoms with Gasteiger partial charge in [0.25, 0.3) is 13.6 Å². The van der Waals surface area contributed by atoms with Crippen LogP contribution in [-0.2, 0) is 26.1 Å². The molecule has 4 radical (unpaired) electrons. The molecule has 2 aromatic rings. The van der Waals surface area contributed by atoms with Crippen molar-refractivity contribution in [2.45, 2.75) is 0 Å². The van der Waals surface area contributed by atoms with Gasteiger partial charge in [-0.1, -0.05) is 69.2 Å². The van der Waals surface area contributed by atoms with Crippen molar-refractivity contribution >= 4 is 32.8 Å². The first-order chi connectivity index (χ1) is 8.45. The Labute approximate surface area is 120 Å². The molecule has 0 unspecified atom stereocenters. The van der Waals surface area contributed by atoms with Crippen LogP contribution in [0.4, 0.5) is 0 Å². The van der Waals surface area contributed by atoms with Crippen LogP contribution >= 0.6 is 8.58 Å². The number of hydrogen-bond acceptors (Lipinski definition) is 2. The molecule has 0 aliphatic rings. The largest absolute Gasteiger partial charge is 0.281 e. The summed E-state index contributed by atoms with van der Waals surface area (Å²) in [6.07, 6.45) is 0. The quantitative estimate of drug-likeness (QED) is 0.622. The predicted octanol–water partition coefficient (Wildman–Crippen LogP) is 1.52. The van der Waals surface area contributed by atoms with Gasteiger partial charge in [0.2, 0.25) is 0 Å². The molecular weight excluding hydrogens is 290 g/mol. The molecule has 0 bridgehead atoms. The van der Waals surface area contributed by atoms with Crippen molar-refractivity contribution in [3.05, 3.63) is 60.7 Å². The van der Waals surface area contributed by atoms with Crippen molar-refractivity contribution in [1.82, 2.24) is 0 Å². The van der Waals surface area contributed by atoms with Crippen LogP contribution in [-0.4, -0.2) is 13.6 Å². The van der Waals surface area contributed by atoms with Crippen LogP contribution < -0.4 is 10.6 Å². The monoisotopic (exact) mass is 300 g/mol. The number of rotatable bonds is 2. The Kier molecular flexibility index (Phi) is 14.6. The van der Waals surface area contributed by atoms with E-state index in [1.807, 2.05) is 0 Å². The van der Waals surface area contributed by atoms with Gasteiger partial charge in [0, 0.05) is 16.5 Å². The van der Waals surface area contributed by atoms with Crippen LogP contribution in [0.5, 0.6) is 0 Å². The van der Waals surface area contributed by atoms with Gasteiger partial charge in [-0.05, 0) is 10.6 Å². The van der Waals surface area contributed by atoms with E-state index in [2.05, 4.69) is 74.2 Å². The topological polar surface area (TPSA) is 34.1 Å². The van der Waals surface area contributed by atoms with E-state index in [4.69, 9.17) is 9.59 Å². The van der Waals surface area contributed by atoms with E-state index in [0.717, 1.165) is 8.58 Å². The maximum Gasteiger partial charge on any atom is 0.281 e. The maximum atomic E-state index is 7.50. The number of benzene rings is 2. The first-order valence-electron chi connectivity index (χ1n) is 4.73. The van der Waals surface area contributed by atoms with Gasteiger partial charge in [0.05, 0.1) is 0 Å².